The molecule has 3 N–H and O–H groups in total. The molecule has 8 heteroatoms. The van der Waals surface area contributed by atoms with Crippen LogP contribution in [-0.4, -0.2) is 23.5 Å². The van der Waals surface area contributed by atoms with Gasteiger partial charge in [0.1, 0.15) is 5.75 Å². The van der Waals surface area contributed by atoms with Crippen LogP contribution in [-0.2, 0) is 4.79 Å². The Labute approximate surface area is 168 Å². The number of carbonyl (C=O) groups is 2. The fraction of sp³-hybridized carbons (Fsp3) is 0.500. The van der Waals surface area contributed by atoms with Crippen LogP contribution in [0.15, 0.2) is 22.7 Å². The minimum absolute atomic E-state index is 0.0219. The van der Waals surface area contributed by atoms with Crippen molar-refractivity contribution in [3.8, 4) is 5.75 Å². The fourth-order valence-electron chi connectivity index (χ4n) is 1.99. The molecule has 1 rings (SSSR count). The molecule has 144 valence electrons. The number of thiocarbonyl (C=S) groups is 1. The van der Waals surface area contributed by atoms with Crippen LogP contribution in [0.2, 0.25) is 0 Å². The quantitative estimate of drug-likeness (QED) is 0.324. The maximum Gasteiger partial charge on any atom is 0.261 e. The molecule has 0 aliphatic heterocycles. The molecule has 6 nitrogen and oxygen atoms in total. The molecule has 0 atom stereocenters. The maximum absolute atomic E-state index is 12.5. The van der Waals surface area contributed by atoms with Gasteiger partial charge in [-0.05, 0) is 42.8 Å². The van der Waals surface area contributed by atoms with Crippen molar-refractivity contribution in [1.82, 2.24) is 16.2 Å². The Morgan fingerprint density at radius 3 is 2.62 bits per heavy atom. The van der Waals surface area contributed by atoms with Gasteiger partial charge in [0.2, 0.25) is 5.91 Å². The summed E-state index contributed by atoms with van der Waals surface area (Å²) in [7, 11) is 0. The molecule has 0 aromatic heterocycles. The van der Waals surface area contributed by atoms with Gasteiger partial charge in [-0.15, -0.1) is 0 Å². The van der Waals surface area contributed by atoms with E-state index < -0.39 is 5.91 Å². The standard InChI is InChI=1S/C18H26BrN3O3S/c1-4-5-6-7-16(23)21-22-18(26)20-17(24)14-10-13(19)8-9-15(14)25-11-12(2)3/h8-10,12H,4-7,11H2,1-3H3,(H,21,23)(H2,20,22,24,26). The first-order valence-electron chi connectivity index (χ1n) is 8.66. The summed E-state index contributed by atoms with van der Waals surface area (Å²) in [6, 6.07) is 5.20. The molecule has 0 radical (unpaired) electrons. The number of amides is 2. The molecule has 0 saturated heterocycles. The predicted octanol–water partition coefficient (Wildman–Crippen LogP) is 3.70. The highest BCUT2D eigenvalue weighted by Gasteiger charge is 2.15. The van der Waals surface area contributed by atoms with E-state index in [1.165, 1.54) is 0 Å². The Hall–Kier alpha value is -1.67. The van der Waals surface area contributed by atoms with E-state index in [9.17, 15) is 9.59 Å². The summed E-state index contributed by atoms with van der Waals surface area (Å²) >= 11 is 8.41. The Balaban J connectivity index is 2.59. The number of nitrogens with one attached hydrogen (secondary N) is 3. The van der Waals surface area contributed by atoms with E-state index in [-0.39, 0.29) is 11.0 Å². The Morgan fingerprint density at radius 1 is 1.23 bits per heavy atom. The van der Waals surface area contributed by atoms with Gasteiger partial charge in [-0.3, -0.25) is 25.8 Å². The van der Waals surface area contributed by atoms with Crippen molar-refractivity contribution in [3.63, 3.8) is 0 Å². The van der Waals surface area contributed by atoms with Gasteiger partial charge in [0, 0.05) is 10.9 Å². The average Bonchev–Trinajstić information content (AvgIpc) is 2.59. The zero-order chi connectivity index (χ0) is 19.5. The van der Waals surface area contributed by atoms with E-state index in [1.54, 1.807) is 18.2 Å². The second-order valence-corrected chi connectivity index (χ2v) is 7.58. The zero-order valence-electron chi connectivity index (χ0n) is 15.4. The van der Waals surface area contributed by atoms with Gasteiger partial charge < -0.3 is 4.74 Å². The lowest BCUT2D eigenvalue weighted by Crippen LogP contribution is -2.48. The topological polar surface area (TPSA) is 79.5 Å². The number of hydrogen-bond acceptors (Lipinski definition) is 4. The monoisotopic (exact) mass is 443 g/mol. The highest BCUT2D eigenvalue weighted by Crippen LogP contribution is 2.23. The average molecular weight is 444 g/mol. The summed E-state index contributed by atoms with van der Waals surface area (Å²) < 4.78 is 6.45. The molecule has 2 amide bonds. The second kappa shape index (κ2) is 11.9. The van der Waals surface area contributed by atoms with Crippen LogP contribution in [0.1, 0.15) is 56.8 Å². The molecule has 0 bridgehead atoms. The summed E-state index contributed by atoms with van der Waals surface area (Å²) in [6.45, 7) is 6.63. The SMILES string of the molecule is CCCCCC(=O)NNC(=S)NC(=O)c1cc(Br)ccc1OCC(C)C. The first-order valence-corrected chi connectivity index (χ1v) is 9.86. The third kappa shape index (κ3) is 8.62. The Morgan fingerprint density at radius 2 is 1.96 bits per heavy atom. The molecule has 1 aromatic carbocycles. The van der Waals surface area contributed by atoms with E-state index in [4.69, 9.17) is 17.0 Å². The molecule has 0 aliphatic rings. The van der Waals surface area contributed by atoms with Crippen molar-refractivity contribution in [2.45, 2.75) is 46.5 Å². The number of halogens is 1. The van der Waals surface area contributed by atoms with Crippen molar-refractivity contribution in [2.75, 3.05) is 6.61 Å². The minimum atomic E-state index is -0.414. The van der Waals surface area contributed by atoms with E-state index >= 15 is 0 Å². The van der Waals surface area contributed by atoms with Crippen molar-refractivity contribution < 1.29 is 14.3 Å². The molecule has 0 saturated carbocycles. The lowest BCUT2D eigenvalue weighted by molar-refractivity contribution is -0.121. The normalized spacial score (nSPS) is 10.3. The minimum Gasteiger partial charge on any atom is -0.492 e. The number of unbranched alkanes of at least 4 members (excludes halogenated alkanes) is 2. The summed E-state index contributed by atoms with van der Waals surface area (Å²) in [6.07, 6.45) is 3.27. The molecule has 26 heavy (non-hydrogen) atoms. The van der Waals surface area contributed by atoms with Crippen molar-refractivity contribution in [3.05, 3.63) is 28.2 Å². The molecule has 0 heterocycles. The summed E-state index contributed by atoms with van der Waals surface area (Å²) in [5, 5.41) is 2.56. The van der Waals surface area contributed by atoms with E-state index in [0.29, 0.717) is 30.3 Å². The van der Waals surface area contributed by atoms with Crippen molar-refractivity contribution in [2.24, 2.45) is 5.92 Å². The first-order chi connectivity index (χ1) is 12.3. The highest BCUT2D eigenvalue weighted by atomic mass is 79.9. The first kappa shape index (κ1) is 22.4. The molecule has 0 spiro atoms. The van der Waals surface area contributed by atoms with E-state index in [0.717, 1.165) is 23.7 Å². The van der Waals surface area contributed by atoms with Crippen LogP contribution in [0.25, 0.3) is 0 Å². The summed E-state index contributed by atoms with van der Waals surface area (Å²) in [5.74, 6) is 0.229. The number of rotatable bonds is 8. The van der Waals surface area contributed by atoms with Gasteiger partial charge in [0.15, 0.2) is 5.11 Å². The van der Waals surface area contributed by atoms with Crippen molar-refractivity contribution in [1.29, 1.82) is 0 Å². The van der Waals surface area contributed by atoms with E-state index in [2.05, 4.69) is 39.0 Å². The largest absolute Gasteiger partial charge is 0.492 e. The summed E-state index contributed by atoms with van der Waals surface area (Å²) in [5.41, 5.74) is 5.38. The van der Waals surface area contributed by atoms with Crippen LogP contribution < -0.4 is 20.9 Å². The predicted molar refractivity (Wildman–Crippen MR) is 110 cm³/mol. The Kier molecular flexibility index (Phi) is 10.2. The van der Waals surface area contributed by atoms with Gasteiger partial charge in [-0.2, -0.15) is 0 Å². The lowest BCUT2D eigenvalue weighted by Gasteiger charge is -2.15. The molecular formula is C18H26BrN3O3S. The fourth-order valence-corrected chi connectivity index (χ4v) is 2.49. The van der Waals surface area contributed by atoms with Crippen LogP contribution in [0.4, 0.5) is 0 Å². The number of carbonyl (C=O) groups excluding carboxylic acids is 2. The number of hydrogen-bond donors (Lipinski definition) is 3. The maximum atomic E-state index is 12.5. The Bertz CT molecular complexity index is 638. The van der Waals surface area contributed by atoms with Gasteiger partial charge in [0.25, 0.3) is 5.91 Å². The van der Waals surface area contributed by atoms with Crippen molar-refractivity contribution >= 4 is 45.1 Å². The second-order valence-electron chi connectivity index (χ2n) is 6.26. The zero-order valence-corrected chi connectivity index (χ0v) is 17.8. The third-order valence-electron chi connectivity index (χ3n) is 3.31. The molecular weight excluding hydrogens is 418 g/mol. The van der Waals surface area contributed by atoms with Crippen LogP contribution >= 0.6 is 28.1 Å². The van der Waals surface area contributed by atoms with Crippen LogP contribution in [0.5, 0.6) is 5.75 Å². The van der Waals surface area contributed by atoms with Gasteiger partial charge >= 0.3 is 0 Å². The van der Waals surface area contributed by atoms with Gasteiger partial charge in [0.05, 0.1) is 12.2 Å². The molecule has 1 aromatic rings. The van der Waals surface area contributed by atoms with Crippen LogP contribution in [0, 0.1) is 5.92 Å². The van der Waals surface area contributed by atoms with Gasteiger partial charge in [-0.1, -0.05) is 49.5 Å². The summed E-state index contributed by atoms with van der Waals surface area (Å²) in [4.78, 5) is 24.1. The molecule has 0 fully saturated rings. The van der Waals surface area contributed by atoms with Crippen LogP contribution in [0.3, 0.4) is 0 Å². The van der Waals surface area contributed by atoms with E-state index in [1.807, 2.05) is 13.8 Å². The highest BCUT2D eigenvalue weighted by molar-refractivity contribution is 9.10. The lowest BCUT2D eigenvalue weighted by atomic mass is 10.2. The number of ether oxygens (including phenoxy) is 1. The molecule has 0 aliphatic carbocycles. The number of hydrazine groups is 1. The van der Waals surface area contributed by atoms with Gasteiger partial charge in [-0.25, -0.2) is 0 Å². The number of benzene rings is 1. The molecule has 0 unspecified atom stereocenters. The smallest absolute Gasteiger partial charge is 0.261 e. The third-order valence-corrected chi connectivity index (χ3v) is 4.01.